The van der Waals surface area contributed by atoms with Gasteiger partial charge in [0.05, 0.1) is 11.3 Å². The number of anilines is 1. The van der Waals surface area contributed by atoms with Gasteiger partial charge in [-0.3, -0.25) is 4.79 Å². The normalized spacial score (nSPS) is 10.9. The second-order valence-electron chi connectivity index (χ2n) is 6.57. The van der Waals surface area contributed by atoms with E-state index in [1.807, 2.05) is 56.4 Å². The lowest BCUT2D eigenvalue weighted by atomic mass is 10.1. The Labute approximate surface area is 167 Å². The molecule has 4 rings (SSSR count). The van der Waals surface area contributed by atoms with Crippen LogP contribution in [0.1, 0.15) is 11.1 Å². The number of hydrogen-bond acceptors (Lipinski definition) is 4. The van der Waals surface area contributed by atoms with Gasteiger partial charge in [0.15, 0.2) is 0 Å². The van der Waals surface area contributed by atoms with Crippen LogP contribution in [0.4, 0.5) is 5.69 Å². The van der Waals surface area contributed by atoms with Crippen molar-refractivity contribution >= 4 is 34.4 Å². The van der Waals surface area contributed by atoms with Gasteiger partial charge in [0.2, 0.25) is 5.91 Å². The summed E-state index contributed by atoms with van der Waals surface area (Å²) >= 11 is 1.40. The summed E-state index contributed by atoms with van der Waals surface area (Å²) in [5, 5.41) is 3.78. The Morgan fingerprint density at radius 2 is 1.79 bits per heavy atom. The third-order valence-corrected chi connectivity index (χ3v) is 5.59. The minimum Gasteiger partial charge on any atom is -0.357 e. The smallest absolute Gasteiger partial charge is 0.234 e. The van der Waals surface area contributed by atoms with Gasteiger partial charge < -0.3 is 10.3 Å². The maximum absolute atomic E-state index is 12.5. The van der Waals surface area contributed by atoms with Crippen LogP contribution < -0.4 is 5.32 Å². The lowest BCUT2D eigenvalue weighted by Gasteiger charge is -2.11. The predicted molar refractivity (Wildman–Crippen MR) is 115 cm³/mol. The molecule has 0 saturated heterocycles. The molecule has 2 aromatic heterocycles. The minimum atomic E-state index is -0.0519. The van der Waals surface area contributed by atoms with E-state index in [0.29, 0.717) is 0 Å². The van der Waals surface area contributed by atoms with Crippen molar-refractivity contribution in [2.75, 3.05) is 11.1 Å². The Morgan fingerprint density at radius 3 is 2.54 bits per heavy atom. The van der Waals surface area contributed by atoms with Gasteiger partial charge in [-0.15, -0.1) is 0 Å². The molecule has 0 bridgehead atoms. The molecule has 2 aromatic carbocycles. The summed E-state index contributed by atoms with van der Waals surface area (Å²) in [5.74, 6) is 0.226. The number of carbonyl (C=O) groups is 1. The lowest BCUT2D eigenvalue weighted by Crippen LogP contribution is -2.15. The van der Waals surface area contributed by atoms with Crippen molar-refractivity contribution in [3.8, 4) is 11.1 Å². The zero-order chi connectivity index (χ0) is 19.5. The molecule has 0 atom stereocenters. The van der Waals surface area contributed by atoms with Crippen molar-refractivity contribution in [3.63, 3.8) is 0 Å². The highest BCUT2D eigenvalue weighted by Gasteiger charge is 2.14. The van der Waals surface area contributed by atoms with E-state index in [2.05, 4.69) is 32.4 Å². The van der Waals surface area contributed by atoms with E-state index >= 15 is 0 Å². The van der Waals surface area contributed by atoms with Crippen molar-refractivity contribution in [1.29, 1.82) is 0 Å². The average molecular weight is 388 g/mol. The molecule has 140 valence electrons. The topological polar surface area (TPSA) is 70.7 Å². The van der Waals surface area contributed by atoms with Crippen LogP contribution in [0.2, 0.25) is 0 Å². The van der Waals surface area contributed by atoms with Crippen LogP contribution in [-0.2, 0) is 4.79 Å². The van der Waals surface area contributed by atoms with Crippen molar-refractivity contribution in [1.82, 2.24) is 15.0 Å². The van der Waals surface area contributed by atoms with E-state index in [9.17, 15) is 4.79 Å². The summed E-state index contributed by atoms with van der Waals surface area (Å²) < 4.78 is 0. The van der Waals surface area contributed by atoms with Gasteiger partial charge in [-0.2, -0.15) is 0 Å². The summed E-state index contributed by atoms with van der Waals surface area (Å²) in [7, 11) is 0. The van der Waals surface area contributed by atoms with Crippen LogP contribution in [-0.4, -0.2) is 26.6 Å². The van der Waals surface area contributed by atoms with Gasteiger partial charge in [0.1, 0.15) is 16.9 Å². The van der Waals surface area contributed by atoms with E-state index in [1.54, 1.807) is 6.33 Å². The molecule has 0 aliphatic heterocycles. The molecule has 5 nitrogen and oxygen atoms in total. The van der Waals surface area contributed by atoms with E-state index < -0.39 is 0 Å². The number of carbonyl (C=O) groups excluding carboxylic acids is 1. The lowest BCUT2D eigenvalue weighted by molar-refractivity contribution is -0.113. The number of nitrogens with one attached hydrogen (secondary N) is 2. The van der Waals surface area contributed by atoms with Gasteiger partial charge in [-0.25, -0.2) is 9.97 Å². The maximum atomic E-state index is 12.5. The third-order valence-electron chi connectivity index (χ3n) is 4.60. The number of aromatic amines is 1. The number of fused-ring (bicyclic) bond motifs is 1. The van der Waals surface area contributed by atoms with E-state index in [0.717, 1.165) is 44.0 Å². The van der Waals surface area contributed by atoms with Crippen LogP contribution in [0.25, 0.3) is 22.2 Å². The Kier molecular flexibility index (Phi) is 5.12. The van der Waals surface area contributed by atoms with Crippen molar-refractivity contribution in [2.45, 2.75) is 18.9 Å². The quantitative estimate of drug-likeness (QED) is 0.374. The maximum Gasteiger partial charge on any atom is 0.234 e. The molecular formula is C22H20N4OS. The van der Waals surface area contributed by atoms with Crippen molar-refractivity contribution in [3.05, 3.63) is 72.2 Å². The number of aromatic nitrogens is 3. The van der Waals surface area contributed by atoms with Crippen molar-refractivity contribution in [2.24, 2.45) is 0 Å². The average Bonchev–Trinajstić information content (AvgIpc) is 3.15. The summed E-state index contributed by atoms with van der Waals surface area (Å²) in [4.78, 5) is 24.5. The first kappa shape index (κ1) is 18.3. The van der Waals surface area contributed by atoms with Gasteiger partial charge >= 0.3 is 0 Å². The number of para-hydroxylation sites is 1. The van der Waals surface area contributed by atoms with Crippen LogP contribution >= 0.6 is 11.8 Å². The summed E-state index contributed by atoms with van der Waals surface area (Å²) in [6, 6.07) is 16.1. The Morgan fingerprint density at radius 1 is 1.04 bits per heavy atom. The molecule has 28 heavy (non-hydrogen) atoms. The Bertz CT molecular complexity index is 1120. The van der Waals surface area contributed by atoms with Crippen LogP contribution in [0.5, 0.6) is 0 Å². The molecule has 0 aliphatic rings. The Balaban J connectivity index is 1.53. The zero-order valence-electron chi connectivity index (χ0n) is 15.7. The molecule has 2 heterocycles. The SMILES string of the molecule is Cc1cccc(C)c1NC(=O)CSc1ncnc2c(-c3ccccc3)c[nH]c12. The molecule has 0 saturated carbocycles. The molecule has 0 spiro atoms. The summed E-state index contributed by atoms with van der Waals surface area (Å²) in [6.07, 6.45) is 3.49. The van der Waals surface area contributed by atoms with E-state index in [-0.39, 0.29) is 11.7 Å². The number of H-pyrrole nitrogens is 1. The first-order valence-corrected chi connectivity index (χ1v) is 9.98. The van der Waals surface area contributed by atoms with Crippen molar-refractivity contribution < 1.29 is 4.79 Å². The molecule has 2 N–H and O–H groups in total. The fourth-order valence-electron chi connectivity index (χ4n) is 3.18. The second kappa shape index (κ2) is 7.86. The molecule has 4 aromatic rings. The number of thioether (sulfide) groups is 1. The summed E-state index contributed by atoms with van der Waals surface area (Å²) in [5.41, 5.74) is 6.83. The number of amides is 1. The summed E-state index contributed by atoms with van der Waals surface area (Å²) in [6.45, 7) is 3.99. The fourth-order valence-corrected chi connectivity index (χ4v) is 3.95. The molecule has 0 radical (unpaired) electrons. The van der Waals surface area contributed by atoms with Crippen LogP contribution in [0.15, 0.2) is 66.1 Å². The first-order valence-electron chi connectivity index (χ1n) is 9.00. The number of nitrogens with zero attached hydrogens (tertiary/aromatic N) is 2. The minimum absolute atomic E-state index is 0.0519. The predicted octanol–water partition coefficient (Wildman–Crippen LogP) is 4.97. The number of rotatable bonds is 5. The van der Waals surface area contributed by atoms with Gasteiger partial charge in [0, 0.05) is 17.4 Å². The van der Waals surface area contributed by atoms with Crippen LogP contribution in [0, 0.1) is 13.8 Å². The monoisotopic (exact) mass is 388 g/mol. The molecular weight excluding hydrogens is 368 g/mol. The van der Waals surface area contributed by atoms with Crippen LogP contribution in [0.3, 0.4) is 0 Å². The number of hydrogen-bond donors (Lipinski definition) is 2. The fraction of sp³-hybridized carbons (Fsp3) is 0.136. The molecule has 1 amide bonds. The number of aryl methyl sites for hydroxylation is 2. The molecule has 0 fully saturated rings. The highest BCUT2D eigenvalue weighted by molar-refractivity contribution is 8.00. The Hall–Kier alpha value is -3.12. The highest BCUT2D eigenvalue weighted by Crippen LogP contribution is 2.31. The van der Waals surface area contributed by atoms with Gasteiger partial charge in [0.25, 0.3) is 0 Å². The second-order valence-corrected chi connectivity index (χ2v) is 7.54. The largest absolute Gasteiger partial charge is 0.357 e. The molecule has 0 aliphatic carbocycles. The molecule has 6 heteroatoms. The van der Waals surface area contributed by atoms with E-state index in [4.69, 9.17) is 0 Å². The van der Waals surface area contributed by atoms with E-state index in [1.165, 1.54) is 11.8 Å². The molecule has 0 unspecified atom stereocenters. The highest BCUT2D eigenvalue weighted by atomic mass is 32.2. The standard InChI is InChI=1S/C22H20N4OS/c1-14-7-6-8-15(2)19(14)26-18(27)12-28-22-21-20(24-13-25-22)17(11-23-21)16-9-4-3-5-10-16/h3-11,13,23H,12H2,1-2H3,(H,26,27). The number of benzene rings is 2. The first-order chi connectivity index (χ1) is 13.6. The third kappa shape index (κ3) is 3.64. The zero-order valence-corrected chi connectivity index (χ0v) is 16.5. The van der Waals surface area contributed by atoms with Gasteiger partial charge in [-0.1, -0.05) is 60.3 Å². The van der Waals surface area contributed by atoms with Gasteiger partial charge in [-0.05, 0) is 30.5 Å².